The Balaban J connectivity index is 0.00000364. The van der Waals surface area contributed by atoms with Crippen molar-refractivity contribution in [3.63, 3.8) is 0 Å². The van der Waals surface area contributed by atoms with Crippen molar-refractivity contribution >= 4 is 18.3 Å². The average Bonchev–Trinajstić information content (AvgIpc) is 2.65. The molecule has 0 radical (unpaired) electrons. The van der Waals surface area contributed by atoms with Gasteiger partial charge in [-0.15, -0.1) is 12.4 Å². The van der Waals surface area contributed by atoms with E-state index in [0.29, 0.717) is 49.2 Å². The molecule has 1 aliphatic heterocycles. The fourth-order valence-electron chi connectivity index (χ4n) is 2.88. The van der Waals surface area contributed by atoms with Crippen LogP contribution in [0.2, 0.25) is 0 Å². The number of nitrogens with zero attached hydrogens (tertiary/aromatic N) is 1. The molecule has 8 heteroatoms. The number of piperazine rings is 1. The Bertz CT molecular complexity index is 553. The summed E-state index contributed by atoms with van der Waals surface area (Å²) in [4.78, 5) is 14.9. The second-order valence-corrected chi connectivity index (χ2v) is 5.95. The van der Waals surface area contributed by atoms with E-state index >= 15 is 0 Å². The Hall–Kier alpha value is -1.70. The van der Waals surface area contributed by atoms with Crippen LogP contribution in [0.25, 0.3) is 0 Å². The monoisotopic (exact) mass is 401 g/mol. The van der Waals surface area contributed by atoms with E-state index in [9.17, 15) is 4.79 Å². The van der Waals surface area contributed by atoms with Gasteiger partial charge in [0.2, 0.25) is 5.75 Å². The number of carbonyl (C=O) groups is 1. The molecular weight excluding hydrogens is 370 g/mol. The summed E-state index contributed by atoms with van der Waals surface area (Å²) in [6.45, 7) is 12.7. The maximum Gasteiger partial charge on any atom is 0.251 e. The first-order valence-electron chi connectivity index (χ1n) is 9.47. The van der Waals surface area contributed by atoms with Crippen molar-refractivity contribution in [1.82, 2.24) is 15.5 Å². The summed E-state index contributed by atoms with van der Waals surface area (Å²) in [5.74, 6) is 1.48. The van der Waals surface area contributed by atoms with Crippen molar-refractivity contribution in [3.05, 3.63) is 17.7 Å². The van der Waals surface area contributed by atoms with Gasteiger partial charge in [0, 0.05) is 44.8 Å². The Morgan fingerprint density at radius 2 is 1.59 bits per heavy atom. The van der Waals surface area contributed by atoms with Gasteiger partial charge in [0.25, 0.3) is 5.91 Å². The minimum Gasteiger partial charge on any atom is -0.490 e. The third-order valence-corrected chi connectivity index (χ3v) is 4.09. The first kappa shape index (κ1) is 23.3. The van der Waals surface area contributed by atoms with Gasteiger partial charge in [0.15, 0.2) is 11.5 Å². The molecule has 1 heterocycles. The number of hydrogen-bond acceptors (Lipinski definition) is 6. The topological polar surface area (TPSA) is 72.1 Å². The van der Waals surface area contributed by atoms with Crippen LogP contribution in [-0.4, -0.2) is 69.9 Å². The Morgan fingerprint density at radius 3 is 2.11 bits per heavy atom. The predicted molar refractivity (Wildman–Crippen MR) is 109 cm³/mol. The van der Waals surface area contributed by atoms with E-state index in [2.05, 4.69) is 15.5 Å². The molecule has 2 rings (SSSR count). The molecule has 27 heavy (non-hydrogen) atoms. The summed E-state index contributed by atoms with van der Waals surface area (Å²) in [5, 5.41) is 6.31. The molecule has 1 fully saturated rings. The highest BCUT2D eigenvalue weighted by Gasteiger charge is 2.18. The van der Waals surface area contributed by atoms with E-state index in [-0.39, 0.29) is 18.3 Å². The second kappa shape index (κ2) is 12.6. The highest BCUT2D eigenvalue weighted by molar-refractivity contribution is 5.95. The molecule has 154 valence electrons. The lowest BCUT2D eigenvalue weighted by atomic mass is 10.1. The van der Waals surface area contributed by atoms with Crippen molar-refractivity contribution in [2.45, 2.75) is 20.8 Å². The normalized spacial score (nSPS) is 14.2. The van der Waals surface area contributed by atoms with E-state index in [1.54, 1.807) is 12.1 Å². The first-order valence-corrected chi connectivity index (χ1v) is 9.47. The Morgan fingerprint density at radius 1 is 1.04 bits per heavy atom. The van der Waals surface area contributed by atoms with Crippen LogP contribution in [-0.2, 0) is 0 Å². The van der Waals surface area contributed by atoms with Crippen LogP contribution < -0.4 is 24.8 Å². The van der Waals surface area contributed by atoms with Gasteiger partial charge in [-0.05, 0) is 32.9 Å². The molecular formula is C19H32ClN3O4. The predicted octanol–water partition coefficient (Wildman–Crippen LogP) is 1.94. The molecule has 0 aliphatic carbocycles. The summed E-state index contributed by atoms with van der Waals surface area (Å²) in [6.07, 6.45) is 0. The average molecular weight is 402 g/mol. The van der Waals surface area contributed by atoms with Gasteiger partial charge in [0.1, 0.15) is 0 Å². The number of rotatable bonds is 10. The molecule has 1 aromatic rings. The van der Waals surface area contributed by atoms with Gasteiger partial charge < -0.3 is 24.8 Å². The molecule has 0 spiro atoms. The van der Waals surface area contributed by atoms with Crippen LogP contribution in [0.1, 0.15) is 31.1 Å². The second-order valence-electron chi connectivity index (χ2n) is 5.95. The van der Waals surface area contributed by atoms with Crippen molar-refractivity contribution < 1.29 is 19.0 Å². The van der Waals surface area contributed by atoms with Crippen LogP contribution >= 0.6 is 12.4 Å². The zero-order valence-electron chi connectivity index (χ0n) is 16.5. The first-order chi connectivity index (χ1) is 12.7. The molecule has 0 saturated carbocycles. The zero-order chi connectivity index (χ0) is 18.8. The molecule has 1 aliphatic rings. The molecule has 0 aromatic heterocycles. The van der Waals surface area contributed by atoms with Crippen molar-refractivity contribution in [2.75, 3.05) is 59.1 Å². The lowest BCUT2D eigenvalue weighted by molar-refractivity contribution is 0.0946. The van der Waals surface area contributed by atoms with Crippen LogP contribution in [0.4, 0.5) is 0 Å². The number of hydrogen-bond donors (Lipinski definition) is 2. The van der Waals surface area contributed by atoms with Gasteiger partial charge in [-0.1, -0.05) is 0 Å². The fourth-order valence-corrected chi connectivity index (χ4v) is 2.88. The molecule has 2 N–H and O–H groups in total. The molecule has 0 bridgehead atoms. The van der Waals surface area contributed by atoms with E-state index in [0.717, 1.165) is 32.7 Å². The SMILES string of the molecule is CCOc1cc(C(=O)NCCN2CCNCC2)cc(OCC)c1OCC.Cl. The van der Waals surface area contributed by atoms with Crippen molar-refractivity contribution in [2.24, 2.45) is 0 Å². The minimum absolute atomic E-state index is 0. The van der Waals surface area contributed by atoms with Crippen LogP contribution in [0.15, 0.2) is 12.1 Å². The number of nitrogens with one attached hydrogen (secondary N) is 2. The fraction of sp³-hybridized carbons (Fsp3) is 0.632. The van der Waals surface area contributed by atoms with Crippen LogP contribution in [0, 0.1) is 0 Å². The molecule has 1 amide bonds. The highest BCUT2D eigenvalue weighted by Crippen LogP contribution is 2.39. The van der Waals surface area contributed by atoms with Crippen LogP contribution in [0.3, 0.4) is 0 Å². The van der Waals surface area contributed by atoms with E-state index in [1.165, 1.54) is 0 Å². The highest BCUT2D eigenvalue weighted by atomic mass is 35.5. The smallest absolute Gasteiger partial charge is 0.251 e. The number of ether oxygens (including phenoxy) is 3. The standard InChI is InChI=1S/C19H31N3O4.ClH/c1-4-24-16-13-15(14-17(25-5-2)18(16)26-6-3)19(23)21-9-12-22-10-7-20-8-11-22;/h13-14,20H,4-12H2,1-3H3,(H,21,23);1H. The zero-order valence-corrected chi connectivity index (χ0v) is 17.3. The number of carbonyl (C=O) groups excluding carboxylic acids is 1. The maximum absolute atomic E-state index is 12.6. The summed E-state index contributed by atoms with van der Waals surface area (Å²) in [6, 6.07) is 3.44. The van der Waals surface area contributed by atoms with Gasteiger partial charge in [-0.2, -0.15) is 0 Å². The summed E-state index contributed by atoms with van der Waals surface area (Å²) in [7, 11) is 0. The summed E-state index contributed by atoms with van der Waals surface area (Å²) >= 11 is 0. The Labute approximate surface area is 168 Å². The van der Waals surface area contributed by atoms with Crippen LogP contribution in [0.5, 0.6) is 17.2 Å². The number of benzene rings is 1. The molecule has 7 nitrogen and oxygen atoms in total. The number of halogens is 1. The number of amides is 1. The molecule has 0 atom stereocenters. The Kier molecular flexibility index (Phi) is 10.9. The largest absolute Gasteiger partial charge is 0.490 e. The lowest BCUT2D eigenvalue weighted by Crippen LogP contribution is -2.46. The summed E-state index contributed by atoms with van der Waals surface area (Å²) < 4.78 is 17.0. The van der Waals surface area contributed by atoms with Gasteiger partial charge in [-0.3, -0.25) is 9.69 Å². The third-order valence-electron chi connectivity index (χ3n) is 4.09. The van der Waals surface area contributed by atoms with E-state index < -0.39 is 0 Å². The summed E-state index contributed by atoms with van der Waals surface area (Å²) in [5.41, 5.74) is 0.515. The lowest BCUT2D eigenvalue weighted by Gasteiger charge is -2.27. The maximum atomic E-state index is 12.6. The van der Waals surface area contributed by atoms with Gasteiger partial charge in [0.05, 0.1) is 19.8 Å². The van der Waals surface area contributed by atoms with E-state index in [4.69, 9.17) is 14.2 Å². The van der Waals surface area contributed by atoms with Crippen molar-refractivity contribution in [3.8, 4) is 17.2 Å². The molecule has 1 aromatic carbocycles. The van der Waals surface area contributed by atoms with Gasteiger partial charge in [-0.25, -0.2) is 0 Å². The molecule has 0 unspecified atom stereocenters. The van der Waals surface area contributed by atoms with Crippen molar-refractivity contribution in [1.29, 1.82) is 0 Å². The molecule has 1 saturated heterocycles. The van der Waals surface area contributed by atoms with E-state index in [1.807, 2.05) is 20.8 Å². The minimum atomic E-state index is -0.134. The quantitative estimate of drug-likeness (QED) is 0.624. The van der Waals surface area contributed by atoms with Gasteiger partial charge >= 0.3 is 0 Å². The third kappa shape index (κ3) is 7.08.